The lowest BCUT2D eigenvalue weighted by molar-refractivity contribution is -0.155. The molecule has 0 aromatic heterocycles. The van der Waals surface area contributed by atoms with Gasteiger partial charge in [0.15, 0.2) is 0 Å². The normalized spacial score (nSPS) is 18.2. The fourth-order valence-electron chi connectivity index (χ4n) is 2.26. The van der Waals surface area contributed by atoms with Gasteiger partial charge in [0.25, 0.3) is 0 Å². The van der Waals surface area contributed by atoms with Crippen LogP contribution in [0.5, 0.6) is 0 Å². The molecule has 0 heterocycles. The second-order valence-corrected chi connectivity index (χ2v) is 4.41. The maximum absolute atomic E-state index is 11.6. The van der Waals surface area contributed by atoms with Crippen LogP contribution in [0.25, 0.3) is 0 Å². The van der Waals surface area contributed by atoms with Gasteiger partial charge in [-0.25, -0.2) is 4.79 Å². The van der Waals surface area contributed by atoms with Crippen molar-refractivity contribution >= 4 is 5.97 Å². The minimum atomic E-state index is -0.315. The fourth-order valence-corrected chi connectivity index (χ4v) is 2.26. The van der Waals surface area contributed by atoms with Crippen LogP contribution in [0.4, 0.5) is 0 Å². The van der Waals surface area contributed by atoms with Crippen molar-refractivity contribution in [1.82, 2.24) is 0 Å². The first kappa shape index (κ1) is 13.1. The summed E-state index contributed by atoms with van der Waals surface area (Å²) in [5.74, 6) is -0.315. The van der Waals surface area contributed by atoms with E-state index in [1.807, 2.05) is 18.2 Å². The molecule has 1 aromatic rings. The molecule has 0 bridgehead atoms. The van der Waals surface area contributed by atoms with E-state index in [9.17, 15) is 4.79 Å². The van der Waals surface area contributed by atoms with E-state index < -0.39 is 0 Å². The van der Waals surface area contributed by atoms with Crippen molar-refractivity contribution in [2.24, 2.45) is 5.73 Å². The van der Waals surface area contributed by atoms with E-state index >= 15 is 0 Å². The Kier molecular flexibility index (Phi) is 4.73. The van der Waals surface area contributed by atoms with Gasteiger partial charge in [-0.1, -0.05) is 24.3 Å². The number of esters is 1. The van der Waals surface area contributed by atoms with Crippen molar-refractivity contribution in [2.45, 2.75) is 25.4 Å². The van der Waals surface area contributed by atoms with E-state index in [2.05, 4.69) is 6.07 Å². The summed E-state index contributed by atoms with van der Waals surface area (Å²) in [4.78, 5) is 11.6. The van der Waals surface area contributed by atoms with Gasteiger partial charge in [0.05, 0.1) is 6.61 Å². The number of hydrogen-bond donors (Lipinski definition) is 1. The first-order valence-electron chi connectivity index (χ1n) is 6.36. The Balaban J connectivity index is 1.92. The highest BCUT2D eigenvalue weighted by atomic mass is 16.6. The van der Waals surface area contributed by atoms with Crippen molar-refractivity contribution in [1.29, 1.82) is 0 Å². The number of hydrogen-bond acceptors (Lipinski definition) is 4. The van der Waals surface area contributed by atoms with E-state index in [-0.39, 0.29) is 18.7 Å². The minimum absolute atomic E-state index is 0.0180. The van der Waals surface area contributed by atoms with Crippen molar-refractivity contribution in [2.75, 3.05) is 19.8 Å². The third-order valence-corrected chi connectivity index (χ3v) is 3.07. The summed E-state index contributed by atoms with van der Waals surface area (Å²) in [6, 6.07) is 8.14. The largest absolute Gasteiger partial charge is 0.456 e. The number of rotatable bonds is 5. The van der Waals surface area contributed by atoms with Crippen LogP contribution in [0.2, 0.25) is 0 Å². The zero-order valence-corrected chi connectivity index (χ0v) is 10.4. The molecule has 4 heteroatoms. The van der Waals surface area contributed by atoms with E-state index in [4.69, 9.17) is 15.2 Å². The fraction of sp³-hybridized carbons (Fsp3) is 0.500. The van der Waals surface area contributed by atoms with Crippen LogP contribution in [-0.2, 0) is 20.7 Å². The molecule has 0 aliphatic heterocycles. The summed E-state index contributed by atoms with van der Waals surface area (Å²) >= 11 is 0. The maximum atomic E-state index is 11.6. The number of fused-ring (bicyclic) bond motifs is 1. The molecular formula is C14H19NO3. The summed E-state index contributed by atoms with van der Waals surface area (Å²) in [5, 5.41) is 0. The highest BCUT2D eigenvalue weighted by Crippen LogP contribution is 2.32. The Hall–Kier alpha value is -1.39. The summed E-state index contributed by atoms with van der Waals surface area (Å²) in [7, 11) is 0. The van der Waals surface area contributed by atoms with Crippen molar-refractivity contribution in [3.8, 4) is 0 Å². The monoisotopic (exact) mass is 249 g/mol. The number of nitrogens with two attached hydrogens (primary N) is 1. The van der Waals surface area contributed by atoms with Crippen molar-refractivity contribution < 1.29 is 14.3 Å². The quantitative estimate of drug-likeness (QED) is 0.635. The van der Waals surface area contributed by atoms with Gasteiger partial charge < -0.3 is 15.2 Å². The van der Waals surface area contributed by atoms with Crippen LogP contribution in [0.15, 0.2) is 24.3 Å². The second kappa shape index (κ2) is 6.52. The first-order valence-corrected chi connectivity index (χ1v) is 6.36. The second-order valence-electron chi connectivity index (χ2n) is 4.41. The zero-order chi connectivity index (χ0) is 12.8. The zero-order valence-electron chi connectivity index (χ0n) is 10.4. The van der Waals surface area contributed by atoms with Gasteiger partial charge in [-0.05, 0) is 30.4 Å². The molecule has 0 amide bonds. The number of benzene rings is 1. The van der Waals surface area contributed by atoms with Crippen LogP contribution in [0.1, 0.15) is 30.1 Å². The van der Waals surface area contributed by atoms with Crippen LogP contribution in [0, 0.1) is 0 Å². The van der Waals surface area contributed by atoms with E-state index in [0.29, 0.717) is 13.2 Å². The number of carbonyl (C=O) groups excluding carboxylic acids is 1. The van der Waals surface area contributed by atoms with Crippen molar-refractivity contribution in [3.05, 3.63) is 35.4 Å². The smallest absolute Gasteiger partial charge is 0.332 e. The lowest BCUT2D eigenvalue weighted by Gasteiger charge is -2.25. The summed E-state index contributed by atoms with van der Waals surface area (Å²) < 4.78 is 10.5. The Morgan fingerprint density at radius 3 is 3.06 bits per heavy atom. The van der Waals surface area contributed by atoms with Crippen molar-refractivity contribution in [3.63, 3.8) is 0 Å². The van der Waals surface area contributed by atoms with E-state index in [1.165, 1.54) is 5.56 Å². The van der Waals surface area contributed by atoms with Crippen LogP contribution in [-0.4, -0.2) is 25.7 Å². The average Bonchev–Trinajstić information content (AvgIpc) is 2.39. The van der Waals surface area contributed by atoms with Gasteiger partial charge in [-0.2, -0.15) is 0 Å². The predicted molar refractivity (Wildman–Crippen MR) is 68.1 cm³/mol. The molecule has 0 saturated carbocycles. The van der Waals surface area contributed by atoms with Crippen LogP contribution >= 0.6 is 0 Å². The molecule has 0 saturated heterocycles. The van der Waals surface area contributed by atoms with Gasteiger partial charge in [0, 0.05) is 6.54 Å². The molecule has 1 aromatic carbocycles. The van der Waals surface area contributed by atoms with Crippen LogP contribution < -0.4 is 5.73 Å². The standard InChI is InChI=1S/C14H19NO3/c15-8-9-17-10-14(16)18-13-7-3-5-11-4-1-2-6-12(11)13/h1-2,4,6,13H,3,5,7-10,15H2. The molecule has 0 spiro atoms. The topological polar surface area (TPSA) is 61.5 Å². The Labute approximate surface area is 107 Å². The molecule has 0 fully saturated rings. The van der Waals surface area contributed by atoms with Gasteiger partial charge in [-0.3, -0.25) is 0 Å². The third kappa shape index (κ3) is 3.31. The maximum Gasteiger partial charge on any atom is 0.332 e. The predicted octanol–water partition coefficient (Wildman–Crippen LogP) is 1.58. The molecular weight excluding hydrogens is 230 g/mol. The van der Waals surface area contributed by atoms with Gasteiger partial charge in [0.1, 0.15) is 12.7 Å². The molecule has 18 heavy (non-hydrogen) atoms. The molecule has 2 N–H and O–H groups in total. The lowest BCUT2D eigenvalue weighted by Crippen LogP contribution is -2.21. The Morgan fingerprint density at radius 1 is 1.39 bits per heavy atom. The third-order valence-electron chi connectivity index (χ3n) is 3.07. The van der Waals surface area contributed by atoms with Crippen LogP contribution in [0.3, 0.4) is 0 Å². The lowest BCUT2D eigenvalue weighted by atomic mass is 9.89. The SMILES string of the molecule is NCCOCC(=O)OC1CCCc2ccccc21. The molecule has 4 nitrogen and oxygen atoms in total. The first-order chi connectivity index (χ1) is 8.81. The average molecular weight is 249 g/mol. The van der Waals surface area contributed by atoms with E-state index in [1.54, 1.807) is 0 Å². The summed E-state index contributed by atoms with van der Waals surface area (Å²) in [6.45, 7) is 0.783. The number of aryl methyl sites for hydroxylation is 1. The Morgan fingerprint density at radius 2 is 2.22 bits per heavy atom. The molecule has 2 rings (SSSR count). The summed E-state index contributed by atoms with van der Waals surface area (Å²) in [5.41, 5.74) is 7.70. The molecule has 1 atom stereocenters. The van der Waals surface area contributed by atoms with Gasteiger partial charge in [0.2, 0.25) is 0 Å². The van der Waals surface area contributed by atoms with E-state index in [0.717, 1.165) is 24.8 Å². The molecule has 98 valence electrons. The molecule has 0 radical (unpaired) electrons. The Bertz CT molecular complexity index is 406. The molecule has 1 unspecified atom stereocenters. The highest BCUT2D eigenvalue weighted by molar-refractivity contribution is 5.71. The number of carbonyl (C=O) groups is 1. The summed E-state index contributed by atoms with van der Waals surface area (Å²) in [6.07, 6.45) is 2.88. The minimum Gasteiger partial charge on any atom is -0.456 e. The number of ether oxygens (including phenoxy) is 2. The molecule has 1 aliphatic rings. The van der Waals surface area contributed by atoms with Gasteiger partial charge in [-0.15, -0.1) is 0 Å². The molecule has 1 aliphatic carbocycles. The van der Waals surface area contributed by atoms with Gasteiger partial charge >= 0.3 is 5.97 Å². The highest BCUT2D eigenvalue weighted by Gasteiger charge is 2.22.